The molecule has 0 atom stereocenters. The molecule has 2 aliphatic carbocycles. The average molecular weight is 381 g/mol. The number of carbonyl (C=O) groups excluding carboxylic acids is 2. The molecule has 5 nitrogen and oxygen atoms in total. The predicted molar refractivity (Wildman–Crippen MR) is 106 cm³/mol. The third-order valence-electron chi connectivity index (χ3n) is 5.54. The Morgan fingerprint density at radius 2 is 1.57 bits per heavy atom. The van der Waals surface area contributed by atoms with Crippen molar-refractivity contribution in [3.63, 3.8) is 0 Å². The Bertz CT molecular complexity index is 872. The summed E-state index contributed by atoms with van der Waals surface area (Å²) in [6, 6.07) is 13.2. The van der Waals surface area contributed by atoms with Crippen LogP contribution in [-0.2, 0) is 10.3 Å². The highest BCUT2D eigenvalue weighted by atomic mass is 19.1. The second-order valence-corrected chi connectivity index (χ2v) is 7.72. The standard InChI is InChI=1S/C22H24FN3O2/c23-17-10-8-16(9-11-17)22(12-1-2-13-22)26-21(28)25-19-5-3-4-18(14-19)24-20(27)15-6-7-15/h3-5,8-11,14-15H,1-2,6-7,12-13H2,(H,24,27)(H2,25,26,28). The maximum atomic E-state index is 13.3. The quantitative estimate of drug-likeness (QED) is 0.698. The van der Waals surface area contributed by atoms with Crippen LogP contribution in [-0.4, -0.2) is 11.9 Å². The van der Waals surface area contributed by atoms with Crippen molar-refractivity contribution in [3.8, 4) is 0 Å². The van der Waals surface area contributed by atoms with E-state index in [1.165, 1.54) is 12.1 Å². The minimum Gasteiger partial charge on any atom is -0.328 e. The predicted octanol–water partition coefficient (Wildman–Crippen LogP) is 4.77. The van der Waals surface area contributed by atoms with Crippen molar-refractivity contribution in [2.24, 2.45) is 5.92 Å². The number of anilines is 2. The van der Waals surface area contributed by atoms with Crippen molar-refractivity contribution in [2.75, 3.05) is 10.6 Å². The summed E-state index contributed by atoms with van der Waals surface area (Å²) in [5, 5.41) is 8.85. The van der Waals surface area contributed by atoms with Gasteiger partial charge in [-0.1, -0.05) is 31.0 Å². The van der Waals surface area contributed by atoms with Crippen molar-refractivity contribution in [3.05, 3.63) is 59.9 Å². The zero-order chi connectivity index (χ0) is 19.6. The molecular weight excluding hydrogens is 357 g/mol. The summed E-state index contributed by atoms with van der Waals surface area (Å²) < 4.78 is 13.3. The summed E-state index contributed by atoms with van der Waals surface area (Å²) >= 11 is 0. The summed E-state index contributed by atoms with van der Waals surface area (Å²) in [6.45, 7) is 0. The monoisotopic (exact) mass is 381 g/mol. The van der Waals surface area contributed by atoms with Crippen LogP contribution in [0.5, 0.6) is 0 Å². The van der Waals surface area contributed by atoms with E-state index in [2.05, 4.69) is 16.0 Å². The van der Waals surface area contributed by atoms with Crippen LogP contribution >= 0.6 is 0 Å². The van der Waals surface area contributed by atoms with E-state index in [0.29, 0.717) is 11.4 Å². The largest absolute Gasteiger partial charge is 0.328 e. The molecule has 4 rings (SSSR count). The molecule has 0 spiro atoms. The highest BCUT2D eigenvalue weighted by Crippen LogP contribution is 2.39. The molecule has 0 radical (unpaired) electrons. The van der Waals surface area contributed by atoms with Gasteiger partial charge >= 0.3 is 6.03 Å². The lowest BCUT2D eigenvalue weighted by Gasteiger charge is -2.31. The zero-order valence-electron chi connectivity index (χ0n) is 15.6. The molecule has 0 aromatic heterocycles. The first-order valence-electron chi connectivity index (χ1n) is 9.80. The molecule has 2 saturated carbocycles. The SMILES string of the molecule is O=C(Nc1cccc(NC(=O)C2CC2)c1)NC1(c2ccc(F)cc2)CCCC1. The molecule has 0 bridgehead atoms. The average Bonchev–Trinajstić information content (AvgIpc) is 3.42. The number of urea groups is 1. The Hall–Kier alpha value is -2.89. The Kier molecular flexibility index (Phi) is 5.03. The number of rotatable bonds is 5. The van der Waals surface area contributed by atoms with Gasteiger partial charge < -0.3 is 16.0 Å². The number of benzene rings is 2. The van der Waals surface area contributed by atoms with Crippen LogP contribution in [0, 0.1) is 11.7 Å². The van der Waals surface area contributed by atoms with E-state index in [-0.39, 0.29) is 23.7 Å². The molecule has 2 aromatic rings. The topological polar surface area (TPSA) is 70.2 Å². The Labute approximate surface area is 163 Å². The Balaban J connectivity index is 1.44. The van der Waals surface area contributed by atoms with Crippen molar-refractivity contribution in [1.82, 2.24) is 5.32 Å². The van der Waals surface area contributed by atoms with Crippen LogP contribution in [0.1, 0.15) is 44.1 Å². The van der Waals surface area contributed by atoms with Gasteiger partial charge in [0.2, 0.25) is 5.91 Å². The van der Waals surface area contributed by atoms with Gasteiger partial charge in [-0.3, -0.25) is 4.79 Å². The third-order valence-corrected chi connectivity index (χ3v) is 5.54. The Morgan fingerprint density at radius 1 is 0.929 bits per heavy atom. The molecule has 28 heavy (non-hydrogen) atoms. The van der Waals surface area contributed by atoms with Crippen molar-refractivity contribution in [2.45, 2.75) is 44.1 Å². The fourth-order valence-corrected chi connectivity index (χ4v) is 3.88. The van der Waals surface area contributed by atoms with Crippen LogP contribution in [0.3, 0.4) is 0 Å². The van der Waals surface area contributed by atoms with Crippen LogP contribution in [0.4, 0.5) is 20.6 Å². The van der Waals surface area contributed by atoms with Gasteiger partial charge in [0, 0.05) is 17.3 Å². The molecule has 146 valence electrons. The highest BCUT2D eigenvalue weighted by Gasteiger charge is 2.37. The number of halogens is 1. The summed E-state index contributed by atoms with van der Waals surface area (Å²) in [5.74, 6) is -0.132. The molecule has 2 fully saturated rings. The van der Waals surface area contributed by atoms with Crippen LogP contribution in [0.15, 0.2) is 48.5 Å². The smallest absolute Gasteiger partial charge is 0.319 e. The van der Waals surface area contributed by atoms with Gasteiger partial charge in [0.15, 0.2) is 0 Å². The van der Waals surface area contributed by atoms with Gasteiger partial charge in [0.1, 0.15) is 5.82 Å². The minimum absolute atomic E-state index is 0.0304. The maximum Gasteiger partial charge on any atom is 0.319 e. The Morgan fingerprint density at radius 3 is 2.21 bits per heavy atom. The lowest BCUT2D eigenvalue weighted by Crippen LogP contribution is -2.45. The summed E-state index contributed by atoms with van der Waals surface area (Å²) in [5.41, 5.74) is 1.73. The number of carbonyl (C=O) groups is 2. The lowest BCUT2D eigenvalue weighted by atomic mass is 9.88. The van der Waals surface area contributed by atoms with Crippen LogP contribution < -0.4 is 16.0 Å². The fourth-order valence-electron chi connectivity index (χ4n) is 3.88. The van der Waals surface area contributed by atoms with Crippen molar-refractivity contribution >= 4 is 23.3 Å². The molecule has 0 aliphatic heterocycles. The maximum absolute atomic E-state index is 13.3. The van der Waals surface area contributed by atoms with Gasteiger partial charge in [-0.2, -0.15) is 0 Å². The first-order valence-corrected chi connectivity index (χ1v) is 9.80. The summed E-state index contributed by atoms with van der Waals surface area (Å²) in [6.07, 6.45) is 5.56. The highest BCUT2D eigenvalue weighted by molar-refractivity contribution is 5.95. The van der Waals surface area contributed by atoms with E-state index in [4.69, 9.17) is 0 Å². The van der Waals surface area contributed by atoms with Gasteiger partial charge in [-0.05, 0) is 61.6 Å². The fraction of sp³-hybridized carbons (Fsp3) is 0.364. The van der Waals surface area contributed by atoms with Gasteiger partial charge in [0.25, 0.3) is 0 Å². The summed E-state index contributed by atoms with van der Waals surface area (Å²) in [7, 11) is 0. The molecule has 0 heterocycles. The second kappa shape index (κ2) is 7.62. The molecule has 2 aromatic carbocycles. The first-order chi connectivity index (χ1) is 13.5. The van der Waals surface area contributed by atoms with Gasteiger partial charge in [0.05, 0.1) is 5.54 Å². The van der Waals surface area contributed by atoms with E-state index in [1.54, 1.807) is 36.4 Å². The van der Waals surface area contributed by atoms with Crippen molar-refractivity contribution < 1.29 is 14.0 Å². The lowest BCUT2D eigenvalue weighted by molar-refractivity contribution is -0.117. The minimum atomic E-state index is -0.477. The molecule has 3 amide bonds. The first kappa shape index (κ1) is 18.5. The number of hydrogen-bond donors (Lipinski definition) is 3. The molecule has 0 saturated heterocycles. The molecule has 2 aliphatic rings. The van der Waals surface area contributed by atoms with Crippen molar-refractivity contribution in [1.29, 1.82) is 0 Å². The molecule has 6 heteroatoms. The van der Waals surface area contributed by atoms with Crippen LogP contribution in [0.25, 0.3) is 0 Å². The van der Waals surface area contributed by atoms with E-state index in [9.17, 15) is 14.0 Å². The number of nitrogens with one attached hydrogen (secondary N) is 3. The van der Waals surface area contributed by atoms with Gasteiger partial charge in [-0.15, -0.1) is 0 Å². The van der Waals surface area contributed by atoms with E-state index in [0.717, 1.165) is 44.1 Å². The zero-order valence-corrected chi connectivity index (χ0v) is 15.6. The molecule has 3 N–H and O–H groups in total. The second-order valence-electron chi connectivity index (χ2n) is 7.72. The number of amides is 3. The van der Waals surface area contributed by atoms with E-state index in [1.807, 2.05) is 0 Å². The normalized spacial score (nSPS) is 17.8. The molecule has 0 unspecified atom stereocenters. The number of hydrogen-bond acceptors (Lipinski definition) is 2. The third kappa shape index (κ3) is 4.16. The molecular formula is C22H24FN3O2. The van der Waals surface area contributed by atoms with E-state index >= 15 is 0 Å². The van der Waals surface area contributed by atoms with E-state index < -0.39 is 5.54 Å². The van der Waals surface area contributed by atoms with Gasteiger partial charge in [-0.25, -0.2) is 9.18 Å². The van der Waals surface area contributed by atoms with Crippen LogP contribution in [0.2, 0.25) is 0 Å². The summed E-state index contributed by atoms with van der Waals surface area (Å²) in [4.78, 5) is 24.6.